The summed E-state index contributed by atoms with van der Waals surface area (Å²) in [6.07, 6.45) is 1.43. The number of rotatable bonds is 2. The Kier molecular flexibility index (Phi) is 2.87. The third-order valence-corrected chi connectivity index (χ3v) is 2.42. The summed E-state index contributed by atoms with van der Waals surface area (Å²) in [5.74, 6) is 0.378. The molecule has 0 unspecified atom stereocenters. The van der Waals surface area contributed by atoms with E-state index < -0.39 is 5.69 Å². The lowest BCUT2D eigenvalue weighted by Crippen LogP contribution is -2.13. The van der Waals surface area contributed by atoms with E-state index in [1.54, 1.807) is 6.07 Å². The normalized spacial score (nSPS) is 10.1. The number of nitrogens with zero attached hydrogens (tertiary/aromatic N) is 2. The molecule has 0 fully saturated rings. The van der Waals surface area contributed by atoms with Gasteiger partial charge in [0.05, 0.1) is 6.20 Å². The first kappa shape index (κ1) is 10.6. The summed E-state index contributed by atoms with van der Waals surface area (Å²) in [7, 11) is 0. The number of nitrogens with one attached hydrogen (secondary N) is 2. The van der Waals surface area contributed by atoms with E-state index in [9.17, 15) is 4.79 Å². The predicted octanol–water partition coefficient (Wildman–Crippen LogP) is 1.87. The van der Waals surface area contributed by atoms with Gasteiger partial charge in [-0.3, -0.25) is 0 Å². The van der Waals surface area contributed by atoms with Crippen LogP contribution in [0.3, 0.4) is 0 Å². The highest BCUT2D eigenvalue weighted by Crippen LogP contribution is 2.21. The van der Waals surface area contributed by atoms with Crippen LogP contribution in [0.15, 0.2) is 29.2 Å². The fourth-order valence-electron chi connectivity index (χ4n) is 1.19. The highest BCUT2D eigenvalue weighted by molar-refractivity contribution is 6.31. The number of aromatic nitrogens is 3. The van der Waals surface area contributed by atoms with Crippen molar-refractivity contribution in [1.82, 2.24) is 15.2 Å². The van der Waals surface area contributed by atoms with Crippen molar-refractivity contribution in [2.24, 2.45) is 0 Å². The molecule has 0 atom stereocenters. The number of hydrogen-bond donors (Lipinski definition) is 2. The molecule has 0 spiro atoms. The Bertz CT molecular complexity index is 567. The minimum atomic E-state index is -0.497. The van der Waals surface area contributed by atoms with Crippen LogP contribution in [-0.2, 0) is 0 Å². The largest absolute Gasteiger partial charge is 0.363 e. The molecule has 5 nitrogen and oxygen atoms in total. The average Bonchev–Trinajstić information content (AvgIpc) is 2.24. The monoisotopic (exact) mass is 236 g/mol. The first-order valence-corrected chi connectivity index (χ1v) is 4.98. The summed E-state index contributed by atoms with van der Waals surface area (Å²) in [6.45, 7) is 1.92. The number of H-pyrrole nitrogens is 1. The topological polar surface area (TPSA) is 70.7 Å². The quantitative estimate of drug-likeness (QED) is 0.835. The maximum Gasteiger partial charge on any atom is 0.363 e. The fourth-order valence-corrected chi connectivity index (χ4v) is 1.37. The molecule has 0 saturated heterocycles. The molecule has 0 aliphatic heterocycles. The van der Waals surface area contributed by atoms with Crippen LogP contribution in [0.2, 0.25) is 5.02 Å². The van der Waals surface area contributed by atoms with Gasteiger partial charge in [-0.2, -0.15) is 10.1 Å². The molecule has 2 rings (SSSR count). The molecule has 0 radical (unpaired) electrons. The lowest BCUT2D eigenvalue weighted by atomic mass is 10.2. The molecule has 1 heterocycles. The van der Waals surface area contributed by atoms with Crippen LogP contribution in [0, 0.1) is 6.92 Å². The highest BCUT2D eigenvalue weighted by Gasteiger charge is 2.00. The summed E-state index contributed by atoms with van der Waals surface area (Å²) < 4.78 is 0. The van der Waals surface area contributed by atoms with Crippen LogP contribution in [-0.4, -0.2) is 15.2 Å². The summed E-state index contributed by atoms with van der Waals surface area (Å²) in [5, 5.41) is 9.41. The van der Waals surface area contributed by atoms with Gasteiger partial charge in [0.25, 0.3) is 0 Å². The van der Waals surface area contributed by atoms with Gasteiger partial charge in [-0.15, -0.1) is 0 Å². The number of aromatic amines is 1. The lowest BCUT2D eigenvalue weighted by molar-refractivity contribution is 0.918. The Hall–Kier alpha value is -1.88. The molecule has 1 aromatic carbocycles. The molecule has 0 aliphatic carbocycles. The van der Waals surface area contributed by atoms with Gasteiger partial charge in [-0.1, -0.05) is 17.7 Å². The van der Waals surface area contributed by atoms with Gasteiger partial charge >= 0.3 is 5.69 Å². The third-order valence-electron chi connectivity index (χ3n) is 2.01. The lowest BCUT2D eigenvalue weighted by Gasteiger charge is -2.05. The zero-order valence-electron chi connectivity index (χ0n) is 8.49. The Balaban J connectivity index is 2.27. The fraction of sp³-hybridized carbons (Fsp3) is 0.100. The number of halogens is 1. The zero-order valence-corrected chi connectivity index (χ0v) is 9.25. The van der Waals surface area contributed by atoms with Gasteiger partial charge in [0, 0.05) is 10.7 Å². The van der Waals surface area contributed by atoms with E-state index in [0.717, 1.165) is 11.3 Å². The van der Waals surface area contributed by atoms with Crippen LogP contribution >= 0.6 is 11.6 Å². The molecule has 2 N–H and O–H groups in total. The van der Waals surface area contributed by atoms with Crippen molar-refractivity contribution in [3.05, 3.63) is 45.5 Å². The predicted molar refractivity (Wildman–Crippen MR) is 62.1 cm³/mol. The average molecular weight is 237 g/mol. The molecular formula is C10H9ClN4O. The van der Waals surface area contributed by atoms with Crippen LogP contribution in [0.5, 0.6) is 0 Å². The van der Waals surface area contributed by atoms with Crippen molar-refractivity contribution in [1.29, 1.82) is 0 Å². The van der Waals surface area contributed by atoms with Gasteiger partial charge in [0.15, 0.2) is 5.82 Å². The second kappa shape index (κ2) is 4.32. The Labute approximate surface area is 96.5 Å². The standard InChI is InChI=1S/C10H9ClN4O/c1-6-2-3-7(4-8(6)11)13-9-5-12-15-10(16)14-9/h2-5H,1H3,(H2,13,14,15,16). The van der Waals surface area contributed by atoms with Crippen LogP contribution < -0.4 is 11.0 Å². The summed E-state index contributed by atoms with van der Waals surface area (Å²) in [5.41, 5.74) is 1.25. The van der Waals surface area contributed by atoms with Crippen molar-refractivity contribution < 1.29 is 0 Å². The van der Waals surface area contributed by atoms with Gasteiger partial charge < -0.3 is 5.32 Å². The first-order valence-electron chi connectivity index (χ1n) is 4.60. The van der Waals surface area contributed by atoms with Crippen LogP contribution in [0.4, 0.5) is 11.5 Å². The summed E-state index contributed by atoms with van der Waals surface area (Å²) >= 11 is 5.97. The Morgan fingerprint density at radius 3 is 2.94 bits per heavy atom. The highest BCUT2D eigenvalue weighted by atomic mass is 35.5. The van der Waals surface area contributed by atoms with Crippen LogP contribution in [0.1, 0.15) is 5.56 Å². The third kappa shape index (κ3) is 2.38. The van der Waals surface area contributed by atoms with Crippen LogP contribution in [0.25, 0.3) is 0 Å². The minimum absolute atomic E-state index is 0.378. The van der Waals surface area contributed by atoms with Gasteiger partial charge in [-0.05, 0) is 24.6 Å². The van der Waals surface area contributed by atoms with Gasteiger partial charge in [0.2, 0.25) is 0 Å². The Morgan fingerprint density at radius 2 is 2.25 bits per heavy atom. The van der Waals surface area contributed by atoms with Crippen molar-refractivity contribution in [2.75, 3.05) is 5.32 Å². The summed E-state index contributed by atoms with van der Waals surface area (Å²) in [4.78, 5) is 14.6. The number of aryl methyl sites for hydroxylation is 1. The van der Waals surface area contributed by atoms with E-state index in [1.807, 2.05) is 19.1 Å². The molecule has 0 bridgehead atoms. The molecule has 0 amide bonds. The van der Waals surface area contributed by atoms with E-state index in [1.165, 1.54) is 6.20 Å². The second-order valence-corrected chi connectivity index (χ2v) is 3.67. The van der Waals surface area contributed by atoms with Gasteiger partial charge in [0.1, 0.15) is 0 Å². The Morgan fingerprint density at radius 1 is 1.44 bits per heavy atom. The zero-order chi connectivity index (χ0) is 11.5. The first-order chi connectivity index (χ1) is 7.65. The second-order valence-electron chi connectivity index (χ2n) is 3.26. The van der Waals surface area contributed by atoms with E-state index in [4.69, 9.17) is 11.6 Å². The molecule has 0 aliphatic rings. The van der Waals surface area contributed by atoms with Gasteiger partial charge in [-0.25, -0.2) is 9.89 Å². The molecule has 2 aromatic rings. The van der Waals surface area contributed by atoms with E-state index in [2.05, 4.69) is 20.5 Å². The molecule has 6 heteroatoms. The number of anilines is 2. The van der Waals surface area contributed by atoms with E-state index in [0.29, 0.717) is 10.8 Å². The molecule has 0 saturated carbocycles. The van der Waals surface area contributed by atoms with E-state index in [-0.39, 0.29) is 0 Å². The smallest absolute Gasteiger partial charge is 0.339 e. The number of benzene rings is 1. The minimum Gasteiger partial charge on any atom is -0.339 e. The maximum atomic E-state index is 10.9. The molecular weight excluding hydrogens is 228 g/mol. The van der Waals surface area contributed by atoms with Crippen molar-refractivity contribution in [3.63, 3.8) is 0 Å². The summed E-state index contributed by atoms with van der Waals surface area (Å²) in [6, 6.07) is 5.50. The molecule has 82 valence electrons. The maximum absolute atomic E-state index is 10.9. The van der Waals surface area contributed by atoms with Crippen molar-refractivity contribution >= 4 is 23.1 Å². The molecule has 16 heavy (non-hydrogen) atoms. The van der Waals surface area contributed by atoms with Crippen molar-refractivity contribution in [3.8, 4) is 0 Å². The number of hydrogen-bond acceptors (Lipinski definition) is 4. The van der Waals surface area contributed by atoms with Crippen molar-refractivity contribution in [2.45, 2.75) is 6.92 Å². The SMILES string of the molecule is Cc1ccc(Nc2cn[nH]c(=O)n2)cc1Cl. The van der Waals surface area contributed by atoms with E-state index >= 15 is 0 Å². The molecule has 1 aromatic heterocycles.